The van der Waals surface area contributed by atoms with Crippen molar-refractivity contribution in [3.63, 3.8) is 0 Å². The molecule has 1 heterocycles. The minimum Gasteiger partial charge on any atom is -0.324 e. The summed E-state index contributed by atoms with van der Waals surface area (Å²) in [4.78, 5) is 14.8. The van der Waals surface area contributed by atoms with Crippen molar-refractivity contribution in [2.24, 2.45) is 0 Å². The Kier molecular flexibility index (Phi) is 4.78. The van der Waals surface area contributed by atoms with Crippen LogP contribution >= 0.6 is 0 Å². The van der Waals surface area contributed by atoms with Crippen molar-refractivity contribution < 1.29 is 4.79 Å². The summed E-state index contributed by atoms with van der Waals surface area (Å²) in [5, 5.41) is 6.34. The summed E-state index contributed by atoms with van der Waals surface area (Å²) < 4.78 is 0. The lowest BCUT2D eigenvalue weighted by atomic mass is 10.00. The van der Waals surface area contributed by atoms with Gasteiger partial charge in [-0.05, 0) is 38.0 Å². The minimum absolute atomic E-state index is 0.0589. The number of aryl methyl sites for hydroxylation is 1. The van der Waals surface area contributed by atoms with Gasteiger partial charge in [0.2, 0.25) is 5.91 Å². The molecule has 1 aromatic carbocycles. The monoisotopic (exact) mass is 275 g/mol. The summed E-state index contributed by atoms with van der Waals surface area (Å²) in [6, 6.07) is 8.08. The highest BCUT2D eigenvalue weighted by Crippen LogP contribution is 2.18. The molecular weight excluding hydrogens is 250 g/mol. The zero-order chi connectivity index (χ0) is 14.6. The first-order valence-electron chi connectivity index (χ1n) is 7.40. The molecule has 1 aliphatic rings. The van der Waals surface area contributed by atoms with E-state index >= 15 is 0 Å². The van der Waals surface area contributed by atoms with Crippen molar-refractivity contribution >= 4 is 11.6 Å². The van der Waals surface area contributed by atoms with Crippen molar-refractivity contribution in [3.05, 3.63) is 29.8 Å². The van der Waals surface area contributed by atoms with Gasteiger partial charge in [-0.2, -0.15) is 0 Å². The van der Waals surface area contributed by atoms with Crippen molar-refractivity contribution in [3.8, 4) is 0 Å². The third-order valence-electron chi connectivity index (χ3n) is 4.08. The van der Waals surface area contributed by atoms with Gasteiger partial charge in [0.05, 0.1) is 5.54 Å². The Hall–Kier alpha value is -1.39. The van der Waals surface area contributed by atoms with Crippen LogP contribution in [0.4, 0.5) is 5.69 Å². The van der Waals surface area contributed by atoms with Crippen LogP contribution in [0.1, 0.15) is 26.3 Å². The maximum Gasteiger partial charge on any atom is 0.244 e. The fourth-order valence-corrected chi connectivity index (χ4v) is 2.48. The number of rotatable bonds is 4. The van der Waals surface area contributed by atoms with Gasteiger partial charge in [-0.1, -0.05) is 19.1 Å². The molecule has 1 amide bonds. The van der Waals surface area contributed by atoms with E-state index in [2.05, 4.69) is 34.6 Å². The predicted octanol–water partition coefficient (Wildman–Crippen LogP) is 1.87. The van der Waals surface area contributed by atoms with Gasteiger partial charge in [0.25, 0.3) is 0 Å². The first-order valence-corrected chi connectivity index (χ1v) is 7.40. The van der Waals surface area contributed by atoms with Crippen LogP contribution in [0.15, 0.2) is 24.3 Å². The third kappa shape index (κ3) is 3.38. The summed E-state index contributed by atoms with van der Waals surface area (Å²) >= 11 is 0. The van der Waals surface area contributed by atoms with Gasteiger partial charge in [-0.25, -0.2) is 0 Å². The Morgan fingerprint density at radius 3 is 2.40 bits per heavy atom. The molecule has 0 aliphatic carbocycles. The Balaban J connectivity index is 2.01. The molecule has 1 aliphatic heterocycles. The Morgan fingerprint density at radius 2 is 1.85 bits per heavy atom. The lowest BCUT2D eigenvalue weighted by molar-refractivity contribution is -0.126. The molecule has 0 bridgehead atoms. The lowest BCUT2D eigenvalue weighted by Crippen LogP contribution is -2.58. The second-order valence-electron chi connectivity index (χ2n) is 5.80. The lowest BCUT2D eigenvalue weighted by Gasteiger charge is -2.39. The molecule has 0 unspecified atom stereocenters. The second kappa shape index (κ2) is 6.37. The van der Waals surface area contributed by atoms with E-state index in [0.717, 1.165) is 38.3 Å². The van der Waals surface area contributed by atoms with Crippen molar-refractivity contribution in [1.29, 1.82) is 0 Å². The SMILES string of the molecule is CCc1ccc(NC(=O)C(C)(C)N2CCNCC2)cc1. The summed E-state index contributed by atoms with van der Waals surface area (Å²) in [6.07, 6.45) is 1.01. The molecule has 2 N–H and O–H groups in total. The number of hydrogen-bond donors (Lipinski definition) is 2. The number of hydrogen-bond acceptors (Lipinski definition) is 3. The Morgan fingerprint density at radius 1 is 1.25 bits per heavy atom. The quantitative estimate of drug-likeness (QED) is 0.882. The topological polar surface area (TPSA) is 44.4 Å². The average molecular weight is 275 g/mol. The summed E-state index contributed by atoms with van der Waals surface area (Å²) in [7, 11) is 0. The van der Waals surface area contributed by atoms with E-state index in [9.17, 15) is 4.79 Å². The van der Waals surface area contributed by atoms with Crippen molar-refractivity contribution in [2.75, 3.05) is 31.5 Å². The smallest absolute Gasteiger partial charge is 0.244 e. The van der Waals surface area contributed by atoms with Gasteiger partial charge >= 0.3 is 0 Å². The van der Waals surface area contributed by atoms with E-state index < -0.39 is 5.54 Å². The average Bonchev–Trinajstić information content (AvgIpc) is 2.49. The number of carbonyl (C=O) groups is 1. The van der Waals surface area contributed by atoms with Gasteiger partial charge < -0.3 is 10.6 Å². The van der Waals surface area contributed by atoms with Gasteiger partial charge in [0, 0.05) is 31.9 Å². The Labute approximate surface area is 121 Å². The van der Waals surface area contributed by atoms with E-state index in [1.807, 2.05) is 26.0 Å². The van der Waals surface area contributed by atoms with Gasteiger partial charge in [0.15, 0.2) is 0 Å². The molecule has 1 aromatic rings. The first kappa shape index (κ1) is 15.0. The molecule has 0 saturated carbocycles. The minimum atomic E-state index is -0.481. The highest BCUT2D eigenvalue weighted by Gasteiger charge is 2.35. The van der Waals surface area contributed by atoms with Gasteiger partial charge in [-0.15, -0.1) is 0 Å². The fraction of sp³-hybridized carbons (Fsp3) is 0.562. The predicted molar refractivity (Wildman–Crippen MR) is 83.0 cm³/mol. The molecule has 1 saturated heterocycles. The number of nitrogens with zero attached hydrogens (tertiary/aromatic N) is 1. The number of carbonyl (C=O) groups excluding carboxylic acids is 1. The van der Waals surface area contributed by atoms with Crippen LogP contribution in [-0.2, 0) is 11.2 Å². The summed E-state index contributed by atoms with van der Waals surface area (Å²) in [5.74, 6) is 0.0589. The van der Waals surface area contributed by atoms with Crippen molar-refractivity contribution in [2.45, 2.75) is 32.7 Å². The maximum absolute atomic E-state index is 12.5. The van der Waals surface area contributed by atoms with Crippen LogP contribution in [-0.4, -0.2) is 42.5 Å². The number of anilines is 1. The summed E-state index contributed by atoms with van der Waals surface area (Å²) in [5.41, 5.74) is 1.67. The number of nitrogens with one attached hydrogen (secondary N) is 2. The molecule has 20 heavy (non-hydrogen) atoms. The van der Waals surface area contributed by atoms with E-state index in [1.54, 1.807) is 0 Å². The first-order chi connectivity index (χ1) is 9.54. The molecule has 2 rings (SSSR count). The zero-order valence-electron chi connectivity index (χ0n) is 12.7. The van der Waals surface area contributed by atoms with Crippen LogP contribution in [0.25, 0.3) is 0 Å². The van der Waals surface area contributed by atoms with Crippen LogP contribution in [0.5, 0.6) is 0 Å². The number of benzene rings is 1. The second-order valence-corrected chi connectivity index (χ2v) is 5.80. The van der Waals surface area contributed by atoms with Gasteiger partial charge in [-0.3, -0.25) is 9.69 Å². The molecule has 110 valence electrons. The molecular formula is C16H25N3O. The van der Waals surface area contributed by atoms with Crippen molar-refractivity contribution in [1.82, 2.24) is 10.2 Å². The zero-order valence-corrected chi connectivity index (χ0v) is 12.7. The molecule has 1 fully saturated rings. The molecule has 0 aromatic heterocycles. The van der Waals surface area contributed by atoms with E-state index in [0.29, 0.717) is 0 Å². The normalized spacial score (nSPS) is 16.9. The molecule has 0 radical (unpaired) electrons. The highest BCUT2D eigenvalue weighted by molar-refractivity contribution is 5.97. The third-order valence-corrected chi connectivity index (χ3v) is 4.08. The van der Waals surface area contributed by atoms with Crippen LogP contribution in [0, 0.1) is 0 Å². The van der Waals surface area contributed by atoms with Crippen LogP contribution in [0.3, 0.4) is 0 Å². The van der Waals surface area contributed by atoms with E-state index in [-0.39, 0.29) is 5.91 Å². The standard InChI is InChI=1S/C16H25N3O/c1-4-13-5-7-14(8-6-13)18-15(20)16(2,3)19-11-9-17-10-12-19/h5-8,17H,4,9-12H2,1-3H3,(H,18,20). The van der Waals surface area contributed by atoms with Crippen LogP contribution in [0.2, 0.25) is 0 Å². The summed E-state index contributed by atoms with van der Waals surface area (Å²) in [6.45, 7) is 9.83. The molecule has 4 heteroatoms. The molecule has 4 nitrogen and oxygen atoms in total. The molecule has 0 atom stereocenters. The molecule has 0 spiro atoms. The van der Waals surface area contributed by atoms with Crippen LogP contribution < -0.4 is 10.6 Å². The number of piperazine rings is 1. The van der Waals surface area contributed by atoms with E-state index in [4.69, 9.17) is 0 Å². The Bertz CT molecular complexity index is 447. The maximum atomic E-state index is 12.5. The number of amides is 1. The fourth-order valence-electron chi connectivity index (χ4n) is 2.48. The van der Waals surface area contributed by atoms with E-state index in [1.165, 1.54) is 5.56 Å². The van der Waals surface area contributed by atoms with Gasteiger partial charge in [0.1, 0.15) is 0 Å². The highest BCUT2D eigenvalue weighted by atomic mass is 16.2. The largest absolute Gasteiger partial charge is 0.324 e.